The van der Waals surface area contributed by atoms with Crippen LogP contribution in [0.1, 0.15) is 32.3 Å². The lowest BCUT2D eigenvalue weighted by atomic mass is 9.93. The molecule has 1 aromatic rings. The molecule has 1 fully saturated rings. The van der Waals surface area contributed by atoms with Crippen LogP contribution in [0.15, 0.2) is 35.9 Å². The van der Waals surface area contributed by atoms with Crippen molar-refractivity contribution >= 4 is 17.4 Å². The topological polar surface area (TPSA) is 60.2 Å². The Hall–Kier alpha value is -1.94. The number of nitrogens with zero attached hydrogens (tertiary/aromatic N) is 1. The SMILES string of the molecule is CC(C)C(=N)OC(=N)C(=C1CCN(C)CC1)c1ccccc1. The fourth-order valence-electron chi connectivity index (χ4n) is 2.52. The number of ether oxygens (including phenoxy) is 1. The first kappa shape index (κ1) is 16.4. The van der Waals surface area contributed by atoms with Crippen molar-refractivity contribution in [3.8, 4) is 0 Å². The normalized spacial score (nSPS) is 15.7. The maximum Gasteiger partial charge on any atom is 0.221 e. The van der Waals surface area contributed by atoms with Gasteiger partial charge >= 0.3 is 0 Å². The lowest BCUT2D eigenvalue weighted by Gasteiger charge is -2.27. The van der Waals surface area contributed by atoms with E-state index in [1.54, 1.807) is 0 Å². The average Bonchev–Trinajstić information content (AvgIpc) is 2.50. The van der Waals surface area contributed by atoms with E-state index in [-0.39, 0.29) is 17.7 Å². The van der Waals surface area contributed by atoms with Gasteiger partial charge in [-0.25, -0.2) is 0 Å². The van der Waals surface area contributed by atoms with Gasteiger partial charge in [-0.3, -0.25) is 10.8 Å². The van der Waals surface area contributed by atoms with Crippen LogP contribution in [-0.2, 0) is 4.74 Å². The van der Waals surface area contributed by atoms with Crippen molar-refractivity contribution in [1.82, 2.24) is 4.90 Å². The van der Waals surface area contributed by atoms with Crippen LogP contribution in [0.4, 0.5) is 0 Å². The molecule has 1 saturated heterocycles. The van der Waals surface area contributed by atoms with Crippen LogP contribution in [-0.4, -0.2) is 36.8 Å². The Labute approximate surface area is 132 Å². The Morgan fingerprint density at radius 2 is 1.68 bits per heavy atom. The number of nitrogens with one attached hydrogen (secondary N) is 2. The third kappa shape index (κ3) is 4.04. The second-order valence-corrected chi connectivity index (χ2v) is 6.10. The first-order valence-electron chi connectivity index (χ1n) is 7.80. The van der Waals surface area contributed by atoms with E-state index in [2.05, 4.69) is 11.9 Å². The highest BCUT2D eigenvalue weighted by molar-refractivity contribution is 6.21. The summed E-state index contributed by atoms with van der Waals surface area (Å²) in [5.74, 6) is 0.233. The highest BCUT2D eigenvalue weighted by Gasteiger charge is 2.21. The summed E-state index contributed by atoms with van der Waals surface area (Å²) in [5, 5.41) is 16.2. The lowest BCUT2D eigenvalue weighted by Crippen LogP contribution is -2.28. The minimum absolute atomic E-state index is 0.0140. The predicted octanol–water partition coefficient (Wildman–Crippen LogP) is 3.79. The van der Waals surface area contributed by atoms with Crippen molar-refractivity contribution in [2.45, 2.75) is 26.7 Å². The highest BCUT2D eigenvalue weighted by Crippen LogP contribution is 2.28. The summed E-state index contributed by atoms with van der Waals surface area (Å²) in [5.41, 5.74) is 3.12. The molecule has 1 aliphatic heterocycles. The van der Waals surface area contributed by atoms with Crippen LogP contribution < -0.4 is 0 Å². The molecule has 0 aromatic heterocycles. The van der Waals surface area contributed by atoms with Gasteiger partial charge in [0.2, 0.25) is 5.90 Å². The standard InChI is InChI=1S/C18H25N3O/c1-13(2)17(19)22-18(20)16(14-7-5-4-6-8-14)15-9-11-21(3)12-10-15/h4-8,13,19-20H,9-12H2,1-3H3. The van der Waals surface area contributed by atoms with Crippen LogP contribution >= 0.6 is 0 Å². The maximum absolute atomic E-state index is 8.36. The van der Waals surface area contributed by atoms with Gasteiger partial charge in [0, 0.05) is 24.6 Å². The Morgan fingerprint density at radius 1 is 1.09 bits per heavy atom. The number of rotatable bonds is 3. The fraction of sp³-hybridized carbons (Fsp3) is 0.444. The second-order valence-electron chi connectivity index (χ2n) is 6.10. The molecule has 0 radical (unpaired) electrons. The molecule has 0 amide bonds. The van der Waals surface area contributed by atoms with Gasteiger partial charge in [-0.1, -0.05) is 49.8 Å². The third-order valence-corrected chi connectivity index (χ3v) is 3.97. The summed E-state index contributed by atoms with van der Waals surface area (Å²) >= 11 is 0. The summed E-state index contributed by atoms with van der Waals surface area (Å²) in [6, 6.07) is 9.95. The zero-order chi connectivity index (χ0) is 16.1. The molecule has 22 heavy (non-hydrogen) atoms. The van der Waals surface area contributed by atoms with Gasteiger partial charge in [0.15, 0.2) is 5.90 Å². The largest absolute Gasteiger partial charge is 0.425 e. The van der Waals surface area contributed by atoms with Crippen molar-refractivity contribution < 1.29 is 4.74 Å². The van der Waals surface area contributed by atoms with Gasteiger partial charge in [-0.2, -0.15) is 0 Å². The number of likely N-dealkylation sites (tertiary alicyclic amines) is 1. The Kier molecular flexibility index (Phi) is 5.50. The predicted molar refractivity (Wildman–Crippen MR) is 91.5 cm³/mol. The van der Waals surface area contributed by atoms with E-state index in [1.807, 2.05) is 44.2 Å². The number of benzene rings is 1. The van der Waals surface area contributed by atoms with E-state index in [1.165, 1.54) is 5.57 Å². The van der Waals surface area contributed by atoms with Crippen molar-refractivity contribution in [2.24, 2.45) is 5.92 Å². The molecule has 0 bridgehead atoms. The van der Waals surface area contributed by atoms with Crippen molar-refractivity contribution in [3.63, 3.8) is 0 Å². The molecule has 1 aromatic carbocycles. The quantitative estimate of drug-likeness (QED) is 0.659. The van der Waals surface area contributed by atoms with Crippen LogP contribution in [0, 0.1) is 16.7 Å². The zero-order valence-electron chi connectivity index (χ0n) is 13.6. The van der Waals surface area contributed by atoms with Crippen LogP contribution in [0.5, 0.6) is 0 Å². The van der Waals surface area contributed by atoms with E-state index in [9.17, 15) is 0 Å². The van der Waals surface area contributed by atoms with Crippen LogP contribution in [0.3, 0.4) is 0 Å². The van der Waals surface area contributed by atoms with Gasteiger partial charge in [-0.05, 0) is 25.5 Å². The van der Waals surface area contributed by atoms with E-state index < -0.39 is 0 Å². The molecule has 118 valence electrons. The highest BCUT2D eigenvalue weighted by atomic mass is 16.5. The van der Waals surface area contributed by atoms with Crippen LogP contribution in [0.2, 0.25) is 0 Å². The molecule has 0 spiro atoms. The first-order chi connectivity index (χ1) is 10.5. The van der Waals surface area contributed by atoms with Gasteiger partial charge in [0.25, 0.3) is 0 Å². The number of hydrogen-bond donors (Lipinski definition) is 2. The Balaban J connectivity index is 2.32. The molecular weight excluding hydrogens is 274 g/mol. The molecule has 2 N–H and O–H groups in total. The third-order valence-electron chi connectivity index (χ3n) is 3.97. The number of hydrogen-bond acceptors (Lipinski definition) is 4. The lowest BCUT2D eigenvalue weighted by molar-refractivity contribution is 0.313. The van der Waals surface area contributed by atoms with E-state index in [0.29, 0.717) is 0 Å². The zero-order valence-corrected chi connectivity index (χ0v) is 13.6. The minimum Gasteiger partial charge on any atom is -0.425 e. The first-order valence-corrected chi connectivity index (χ1v) is 7.80. The summed E-state index contributed by atoms with van der Waals surface area (Å²) in [6.45, 7) is 5.81. The Bertz CT molecular complexity index is 565. The van der Waals surface area contributed by atoms with E-state index in [4.69, 9.17) is 15.6 Å². The monoisotopic (exact) mass is 299 g/mol. The molecule has 0 saturated carbocycles. The average molecular weight is 299 g/mol. The van der Waals surface area contributed by atoms with Gasteiger partial charge in [-0.15, -0.1) is 0 Å². The second kappa shape index (κ2) is 7.36. The van der Waals surface area contributed by atoms with E-state index >= 15 is 0 Å². The molecule has 0 atom stereocenters. The smallest absolute Gasteiger partial charge is 0.221 e. The van der Waals surface area contributed by atoms with Gasteiger partial charge < -0.3 is 9.64 Å². The van der Waals surface area contributed by atoms with Gasteiger partial charge in [0.05, 0.1) is 0 Å². The summed E-state index contributed by atoms with van der Waals surface area (Å²) in [6.07, 6.45) is 1.89. The minimum atomic E-state index is -0.0140. The van der Waals surface area contributed by atoms with Crippen molar-refractivity contribution in [3.05, 3.63) is 41.5 Å². The summed E-state index contributed by atoms with van der Waals surface area (Å²) < 4.78 is 5.50. The molecular formula is C18H25N3O. The Morgan fingerprint density at radius 3 is 2.23 bits per heavy atom. The van der Waals surface area contributed by atoms with Crippen LogP contribution in [0.25, 0.3) is 5.57 Å². The molecule has 4 nitrogen and oxygen atoms in total. The molecule has 0 unspecified atom stereocenters. The molecule has 0 aliphatic carbocycles. The van der Waals surface area contributed by atoms with Crippen molar-refractivity contribution in [1.29, 1.82) is 10.8 Å². The van der Waals surface area contributed by atoms with Gasteiger partial charge in [0.1, 0.15) is 0 Å². The van der Waals surface area contributed by atoms with E-state index in [0.717, 1.165) is 37.1 Å². The van der Waals surface area contributed by atoms with Crippen molar-refractivity contribution in [2.75, 3.05) is 20.1 Å². The fourth-order valence-corrected chi connectivity index (χ4v) is 2.52. The summed E-state index contributed by atoms with van der Waals surface area (Å²) in [4.78, 5) is 2.30. The number of piperidine rings is 1. The molecule has 1 aliphatic rings. The molecule has 2 rings (SSSR count). The molecule has 1 heterocycles. The molecule has 4 heteroatoms. The maximum atomic E-state index is 8.36. The summed E-state index contributed by atoms with van der Waals surface area (Å²) in [7, 11) is 2.12.